The predicted molar refractivity (Wildman–Crippen MR) is 149 cm³/mol. The first kappa shape index (κ1) is 24.2. The van der Waals surface area contributed by atoms with Crippen molar-refractivity contribution in [2.24, 2.45) is 0 Å². The number of fused-ring (bicyclic) bond motifs is 2. The molecule has 0 amide bonds. The second-order valence-electron chi connectivity index (χ2n) is 10.4. The van der Waals surface area contributed by atoms with Crippen molar-refractivity contribution in [2.45, 2.75) is 52.9 Å². The summed E-state index contributed by atoms with van der Waals surface area (Å²) in [5, 5.41) is 0.571. The van der Waals surface area contributed by atoms with Crippen LogP contribution in [-0.2, 0) is 5.41 Å². The van der Waals surface area contributed by atoms with Crippen LogP contribution in [0.3, 0.4) is 0 Å². The average molecular weight is 483 g/mol. The highest BCUT2D eigenvalue weighted by Gasteiger charge is 2.38. The number of halogens is 1. The SMILES string of the molecule is CCCCN(CC)c1ccc2c(c1)N(c1c(C)c(-c3ccccn3)nc3cccc(F)c13)CC2(C)C. The van der Waals surface area contributed by atoms with E-state index in [1.807, 2.05) is 31.2 Å². The van der Waals surface area contributed by atoms with Crippen LogP contribution in [0, 0.1) is 12.7 Å². The van der Waals surface area contributed by atoms with Crippen LogP contribution in [0.5, 0.6) is 0 Å². The zero-order chi connectivity index (χ0) is 25.4. The molecule has 186 valence electrons. The van der Waals surface area contributed by atoms with Crippen molar-refractivity contribution >= 4 is 28.0 Å². The van der Waals surface area contributed by atoms with E-state index in [-0.39, 0.29) is 11.2 Å². The molecule has 5 heteroatoms. The van der Waals surface area contributed by atoms with Crippen molar-refractivity contribution in [1.29, 1.82) is 0 Å². The minimum atomic E-state index is -0.244. The van der Waals surface area contributed by atoms with Crippen LogP contribution >= 0.6 is 0 Å². The summed E-state index contributed by atoms with van der Waals surface area (Å²) in [4.78, 5) is 14.2. The normalized spacial score (nSPS) is 14.3. The van der Waals surface area contributed by atoms with Crippen molar-refractivity contribution in [2.75, 3.05) is 29.4 Å². The third kappa shape index (κ3) is 4.11. The number of pyridine rings is 2. The Morgan fingerprint density at radius 2 is 1.89 bits per heavy atom. The molecular weight excluding hydrogens is 447 g/mol. The molecule has 0 bridgehead atoms. The molecule has 0 radical (unpaired) electrons. The summed E-state index contributed by atoms with van der Waals surface area (Å²) in [5.74, 6) is -0.244. The molecule has 0 atom stereocenters. The Hall–Kier alpha value is -3.47. The highest BCUT2D eigenvalue weighted by Crippen LogP contribution is 2.49. The molecule has 0 saturated carbocycles. The lowest BCUT2D eigenvalue weighted by molar-refractivity contribution is 0.569. The maximum Gasteiger partial charge on any atom is 0.134 e. The molecule has 4 nitrogen and oxygen atoms in total. The van der Waals surface area contributed by atoms with Crippen molar-refractivity contribution in [3.8, 4) is 11.4 Å². The molecule has 3 heterocycles. The second-order valence-corrected chi connectivity index (χ2v) is 10.4. The predicted octanol–water partition coefficient (Wildman–Crippen LogP) is 7.80. The van der Waals surface area contributed by atoms with Crippen molar-refractivity contribution in [1.82, 2.24) is 9.97 Å². The number of nitrogens with zero attached hydrogens (tertiary/aromatic N) is 4. The fourth-order valence-corrected chi connectivity index (χ4v) is 5.53. The van der Waals surface area contributed by atoms with Crippen LogP contribution in [0.15, 0.2) is 60.8 Å². The van der Waals surface area contributed by atoms with E-state index >= 15 is 4.39 Å². The van der Waals surface area contributed by atoms with Gasteiger partial charge in [0.2, 0.25) is 0 Å². The summed E-state index contributed by atoms with van der Waals surface area (Å²) < 4.78 is 15.5. The van der Waals surface area contributed by atoms with Gasteiger partial charge < -0.3 is 9.80 Å². The Labute approximate surface area is 213 Å². The Bertz CT molecular complexity index is 1400. The van der Waals surface area contributed by atoms with Gasteiger partial charge in [-0.25, -0.2) is 9.37 Å². The Morgan fingerprint density at radius 1 is 1.06 bits per heavy atom. The standard InChI is InChI=1S/C31H35FN4/c1-6-8-18-35(7-2)22-15-16-23-27(19-22)36(20-31(23,4)5)30-21(3)29(26-13-9-10-17-33-26)34-25-14-11-12-24(32)28(25)30/h9-17,19H,6-8,18,20H2,1-5H3. The number of hydrogen-bond acceptors (Lipinski definition) is 4. The van der Waals surface area contributed by atoms with Crippen LogP contribution in [0.25, 0.3) is 22.3 Å². The highest BCUT2D eigenvalue weighted by atomic mass is 19.1. The lowest BCUT2D eigenvalue weighted by Gasteiger charge is -2.28. The van der Waals surface area contributed by atoms with Crippen LogP contribution in [0.2, 0.25) is 0 Å². The van der Waals surface area contributed by atoms with Crippen molar-refractivity contribution in [3.63, 3.8) is 0 Å². The number of unbranched alkanes of at least 4 members (excludes halogenated alkanes) is 1. The van der Waals surface area contributed by atoms with Crippen LogP contribution < -0.4 is 9.80 Å². The number of rotatable bonds is 7. The molecule has 5 rings (SSSR count). The van der Waals surface area contributed by atoms with Crippen LogP contribution in [0.4, 0.5) is 21.5 Å². The van der Waals surface area contributed by atoms with Gasteiger partial charge in [0, 0.05) is 48.2 Å². The van der Waals surface area contributed by atoms with E-state index in [1.165, 1.54) is 23.7 Å². The van der Waals surface area contributed by atoms with E-state index in [4.69, 9.17) is 4.98 Å². The molecule has 0 unspecified atom stereocenters. The fraction of sp³-hybridized carbons (Fsp3) is 0.355. The number of aromatic nitrogens is 2. The van der Waals surface area contributed by atoms with Gasteiger partial charge in [0.1, 0.15) is 5.82 Å². The molecular formula is C31H35FN4. The van der Waals surface area contributed by atoms with Gasteiger partial charge in [0.05, 0.1) is 28.0 Å². The second kappa shape index (κ2) is 9.53. The summed E-state index contributed by atoms with van der Waals surface area (Å²) in [6.45, 7) is 13.8. The van der Waals surface area contributed by atoms with Gasteiger partial charge in [-0.3, -0.25) is 4.98 Å². The molecule has 36 heavy (non-hydrogen) atoms. The lowest BCUT2D eigenvalue weighted by Crippen LogP contribution is -2.26. The largest absolute Gasteiger partial charge is 0.372 e. The Balaban J connectivity index is 1.75. The molecule has 0 spiro atoms. The van der Waals surface area contributed by atoms with Crippen LogP contribution in [0.1, 0.15) is 51.7 Å². The lowest BCUT2D eigenvalue weighted by atomic mass is 9.87. The van der Waals surface area contributed by atoms with Gasteiger partial charge in [0.25, 0.3) is 0 Å². The molecule has 1 aliphatic rings. The van der Waals surface area contributed by atoms with Gasteiger partial charge in [-0.05, 0) is 62.2 Å². The van der Waals surface area contributed by atoms with Gasteiger partial charge in [0.15, 0.2) is 0 Å². The van der Waals surface area contributed by atoms with E-state index < -0.39 is 0 Å². The fourth-order valence-electron chi connectivity index (χ4n) is 5.53. The maximum atomic E-state index is 15.5. The minimum absolute atomic E-state index is 0.0766. The van der Waals surface area contributed by atoms with Crippen molar-refractivity contribution in [3.05, 3.63) is 77.7 Å². The average Bonchev–Trinajstić information content (AvgIpc) is 3.15. The molecule has 4 aromatic rings. The minimum Gasteiger partial charge on any atom is -0.372 e. The summed E-state index contributed by atoms with van der Waals surface area (Å²) in [5.41, 5.74) is 7.66. The van der Waals surface area contributed by atoms with Gasteiger partial charge in [-0.1, -0.05) is 45.4 Å². The maximum absolute atomic E-state index is 15.5. The Morgan fingerprint density at radius 3 is 2.61 bits per heavy atom. The molecule has 1 aliphatic heterocycles. The molecule has 2 aromatic heterocycles. The highest BCUT2D eigenvalue weighted by molar-refractivity contribution is 6.00. The number of hydrogen-bond donors (Lipinski definition) is 0. The zero-order valence-electron chi connectivity index (χ0n) is 22.0. The summed E-state index contributed by atoms with van der Waals surface area (Å²) in [6, 6.07) is 17.8. The molecule has 0 saturated heterocycles. The number of anilines is 3. The first-order valence-corrected chi connectivity index (χ1v) is 13.0. The van der Waals surface area contributed by atoms with Crippen molar-refractivity contribution < 1.29 is 4.39 Å². The summed E-state index contributed by atoms with van der Waals surface area (Å²) in [7, 11) is 0. The summed E-state index contributed by atoms with van der Waals surface area (Å²) in [6.07, 6.45) is 4.10. The van der Waals surface area contributed by atoms with E-state index in [2.05, 4.69) is 60.7 Å². The monoisotopic (exact) mass is 482 g/mol. The molecule has 2 aromatic carbocycles. The van der Waals surface area contributed by atoms with E-state index in [0.717, 1.165) is 54.4 Å². The van der Waals surface area contributed by atoms with E-state index in [1.54, 1.807) is 12.3 Å². The smallest absolute Gasteiger partial charge is 0.134 e. The van der Waals surface area contributed by atoms with E-state index in [9.17, 15) is 0 Å². The Kier molecular flexibility index (Phi) is 6.42. The topological polar surface area (TPSA) is 32.3 Å². The van der Waals surface area contributed by atoms with Gasteiger partial charge in [-0.15, -0.1) is 0 Å². The zero-order valence-corrected chi connectivity index (χ0v) is 22.0. The first-order valence-electron chi connectivity index (χ1n) is 13.0. The third-order valence-electron chi connectivity index (χ3n) is 7.43. The quantitative estimate of drug-likeness (QED) is 0.269. The third-order valence-corrected chi connectivity index (χ3v) is 7.43. The van der Waals surface area contributed by atoms with Gasteiger partial charge >= 0.3 is 0 Å². The molecule has 0 aliphatic carbocycles. The number of benzene rings is 2. The van der Waals surface area contributed by atoms with E-state index in [0.29, 0.717) is 10.9 Å². The molecule has 0 fully saturated rings. The summed E-state index contributed by atoms with van der Waals surface area (Å²) >= 11 is 0. The first-order chi connectivity index (χ1) is 17.4. The molecule has 0 N–H and O–H groups in total. The van der Waals surface area contributed by atoms with Crippen LogP contribution in [-0.4, -0.2) is 29.6 Å². The van der Waals surface area contributed by atoms with Gasteiger partial charge in [-0.2, -0.15) is 0 Å².